The van der Waals surface area contributed by atoms with Crippen molar-refractivity contribution in [2.75, 3.05) is 18.0 Å². The first-order valence-electron chi connectivity index (χ1n) is 9.89. The van der Waals surface area contributed by atoms with E-state index in [0.717, 1.165) is 25.3 Å². The molecule has 3 heteroatoms. The lowest BCUT2D eigenvalue weighted by molar-refractivity contribution is -0.125. The van der Waals surface area contributed by atoms with Crippen molar-refractivity contribution >= 4 is 11.6 Å². The van der Waals surface area contributed by atoms with Crippen molar-refractivity contribution in [1.82, 2.24) is 4.90 Å². The van der Waals surface area contributed by atoms with Crippen molar-refractivity contribution in [3.8, 4) is 11.1 Å². The van der Waals surface area contributed by atoms with Crippen molar-refractivity contribution in [3.05, 3.63) is 90.0 Å². The highest BCUT2D eigenvalue weighted by Gasteiger charge is 2.32. The van der Waals surface area contributed by atoms with Gasteiger partial charge in [0.15, 0.2) is 0 Å². The van der Waals surface area contributed by atoms with Crippen LogP contribution in [0.4, 0.5) is 5.69 Å². The average Bonchev–Trinajstić information content (AvgIpc) is 2.74. The molecule has 28 heavy (non-hydrogen) atoms. The minimum Gasteiger partial charge on any atom is -0.310 e. The van der Waals surface area contributed by atoms with Crippen LogP contribution in [0, 0.1) is 6.92 Å². The molecule has 0 radical (unpaired) electrons. The topological polar surface area (TPSA) is 23.6 Å². The molecule has 1 atom stereocenters. The van der Waals surface area contributed by atoms with E-state index in [4.69, 9.17) is 0 Å². The van der Waals surface area contributed by atoms with E-state index in [9.17, 15) is 4.79 Å². The summed E-state index contributed by atoms with van der Waals surface area (Å²) in [6, 6.07) is 26.9. The second-order valence-corrected chi connectivity index (χ2v) is 7.48. The molecule has 1 aliphatic heterocycles. The smallest absolute Gasteiger partial charge is 0.244 e. The Balaban J connectivity index is 1.47. The molecule has 0 spiro atoms. The SMILES string of the molecule is Cc1ccccc1CN1CCN(c2ccc(-c3ccccc3)cc2)C(=O)C1C. The Labute approximate surface area is 167 Å². The Bertz CT molecular complexity index is 950. The number of benzene rings is 3. The zero-order chi connectivity index (χ0) is 19.5. The molecule has 1 amide bonds. The van der Waals surface area contributed by atoms with Crippen LogP contribution in [-0.2, 0) is 11.3 Å². The molecular formula is C25H26N2O. The van der Waals surface area contributed by atoms with Gasteiger partial charge in [-0.3, -0.25) is 9.69 Å². The predicted molar refractivity (Wildman–Crippen MR) is 115 cm³/mol. The van der Waals surface area contributed by atoms with Crippen LogP contribution in [0.2, 0.25) is 0 Å². The average molecular weight is 370 g/mol. The standard InChI is InChI=1S/C25H26N2O/c1-19-8-6-7-11-23(19)18-26-16-17-27(25(28)20(26)2)24-14-12-22(13-15-24)21-9-4-3-5-10-21/h3-15,20H,16-18H2,1-2H3. The number of piperazine rings is 1. The molecule has 142 valence electrons. The highest BCUT2D eigenvalue weighted by molar-refractivity contribution is 5.97. The molecule has 1 aliphatic rings. The lowest BCUT2D eigenvalue weighted by atomic mass is 10.0. The summed E-state index contributed by atoms with van der Waals surface area (Å²) >= 11 is 0. The highest BCUT2D eigenvalue weighted by atomic mass is 16.2. The van der Waals surface area contributed by atoms with Crippen LogP contribution in [0.25, 0.3) is 11.1 Å². The molecule has 0 bridgehead atoms. The van der Waals surface area contributed by atoms with Gasteiger partial charge in [-0.1, -0.05) is 66.7 Å². The fourth-order valence-electron chi connectivity index (χ4n) is 3.86. The van der Waals surface area contributed by atoms with E-state index in [1.54, 1.807) is 0 Å². The van der Waals surface area contributed by atoms with Crippen molar-refractivity contribution < 1.29 is 4.79 Å². The number of hydrogen-bond acceptors (Lipinski definition) is 2. The number of carbonyl (C=O) groups is 1. The minimum atomic E-state index is -0.123. The van der Waals surface area contributed by atoms with Crippen LogP contribution in [0.5, 0.6) is 0 Å². The number of amides is 1. The molecule has 1 unspecified atom stereocenters. The van der Waals surface area contributed by atoms with Gasteiger partial charge < -0.3 is 4.90 Å². The molecule has 3 nitrogen and oxygen atoms in total. The van der Waals surface area contributed by atoms with Gasteiger partial charge in [-0.05, 0) is 48.2 Å². The lowest BCUT2D eigenvalue weighted by Crippen LogP contribution is -2.55. The van der Waals surface area contributed by atoms with Gasteiger partial charge in [-0.25, -0.2) is 0 Å². The van der Waals surface area contributed by atoms with Crippen molar-refractivity contribution in [2.24, 2.45) is 0 Å². The van der Waals surface area contributed by atoms with E-state index in [1.807, 2.05) is 30.0 Å². The van der Waals surface area contributed by atoms with Crippen molar-refractivity contribution in [1.29, 1.82) is 0 Å². The van der Waals surface area contributed by atoms with E-state index in [0.29, 0.717) is 0 Å². The molecule has 0 aliphatic carbocycles. The summed E-state index contributed by atoms with van der Waals surface area (Å²) in [5.41, 5.74) is 5.91. The second kappa shape index (κ2) is 7.99. The first kappa shape index (κ1) is 18.5. The number of hydrogen-bond donors (Lipinski definition) is 0. The van der Waals surface area contributed by atoms with E-state index < -0.39 is 0 Å². The Hall–Kier alpha value is -2.91. The van der Waals surface area contributed by atoms with E-state index in [-0.39, 0.29) is 11.9 Å². The normalized spacial score (nSPS) is 17.7. The molecule has 1 saturated heterocycles. The maximum Gasteiger partial charge on any atom is 0.244 e. The van der Waals surface area contributed by atoms with Gasteiger partial charge in [0.1, 0.15) is 0 Å². The quantitative estimate of drug-likeness (QED) is 0.652. The van der Waals surface area contributed by atoms with Crippen molar-refractivity contribution in [3.63, 3.8) is 0 Å². The summed E-state index contributed by atoms with van der Waals surface area (Å²) in [6.07, 6.45) is 0. The summed E-state index contributed by atoms with van der Waals surface area (Å²) in [5.74, 6) is 0.173. The lowest BCUT2D eigenvalue weighted by Gasteiger charge is -2.39. The van der Waals surface area contributed by atoms with E-state index in [1.165, 1.54) is 22.3 Å². The number of anilines is 1. The molecule has 3 aromatic carbocycles. The zero-order valence-electron chi connectivity index (χ0n) is 16.5. The third-order valence-corrected chi connectivity index (χ3v) is 5.70. The van der Waals surface area contributed by atoms with Crippen LogP contribution < -0.4 is 4.90 Å². The highest BCUT2D eigenvalue weighted by Crippen LogP contribution is 2.26. The molecule has 1 fully saturated rings. The molecule has 0 saturated carbocycles. The summed E-state index contributed by atoms with van der Waals surface area (Å²) in [6.45, 7) is 6.57. The molecule has 0 aromatic heterocycles. The number of nitrogens with zero attached hydrogens (tertiary/aromatic N) is 2. The van der Waals surface area contributed by atoms with Crippen LogP contribution in [0.1, 0.15) is 18.1 Å². The minimum absolute atomic E-state index is 0.123. The monoisotopic (exact) mass is 370 g/mol. The molecule has 4 rings (SSSR count). The number of carbonyl (C=O) groups excluding carboxylic acids is 1. The third kappa shape index (κ3) is 3.71. The van der Waals surface area contributed by atoms with Crippen LogP contribution in [-0.4, -0.2) is 29.9 Å². The summed E-state index contributed by atoms with van der Waals surface area (Å²) in [5, 5.41) is 0. The first-order chi connectivity index (χ1) is 13.6. The maximum absolute atomic E-state index is 13.1. The number of rotatable bonds is 4. The van der Waals surface area contributed by atoms with Gasteiger partial charge >= 0.3 is 0 Å². The van der Waals surface area contributed by atoms with Gasteiger partial charge in [-0.15, -0.1) is 0 Å². The van der Waals surface area contributed by atoms with Crippen LogP contribution in [0.15, 0.2) is 78.9 Å². The fraction of sp³-hybridized carbons (Fsp3) is 0.240. The summed E-state index contributed by atoms with van der Waals surface area (Å²) in [7, 11) is 0. The number of aryl methyl sites for hydroxylation is 1. The van der Waals surface area contributed by atoms with Crippen molar-refractivity contribution in [2.45, 2.75) is 26.4 Å². The van der Waals surface area contributed by atoms with Gasteiger partial charge in [0.05, 0.1) is 6.04 Å². The zero-order valence-corrected chi connectivity index (χ0v) is 16.5. The van der Waals surface area contributed by atoms with E-state index >= 15 is 0 Å². The van der Waals surface area contributed by atoms with Crippen LogP contribution in [0.3, 0.4) is 0 Å². The Morgan fingerprint density at radius 3 is 2.18 bits per heavy atom. The van der Waals surface area contributed by atoms with Gasteiger partial charge in [0.25, 0.3) is 0 Å². The molecular weight excluding hydrogens is 344 g/mol. The van der Waals surface area contributed by atoms with Crippen LogP contribution >= 0.6 is 0 Å². The Morgan fingerprint density at radius 1 is 0.821 bits per heavy atom. The second-order valence-electron chi connectivity index (χ2n) is 7.48. The van der Waals surface area contributed by atoms with E-state index in [2.05, 4.69) is 72.5 Å². The van der Waals surface area contributed by atoms with Gasteiger partial charge in [-0.2, -0.15) is 0 Å². The fourth-order valence-corrected chi connectivity index (χ4v) is 3.86. The summed E-state index contributed by atoms with van der Waals surface area (Å²) in [4.78, 5) is 17.3. The largest absolute Gasteiger partial charge is 0.310 e. The Morgan fingerprint density at radius 2 is 1.46 bits per heavy atom. The third-order valence-electron chi connectivity index (χ3n) is 5.70. The molecule has 3 aromatic rings. The van der Waals surface area contributed by atoms with Gasteiger partial charge in [0, 0.05) is 25.3 Å². The molecule has 0 N–H and O–H groups in total. The maximum atomic E-state index is 13.1. The Kier molecular flexibility index (Phi) is 5.27. The first-order valence-corrected chi connectivity index (χ1v) is 9.89. The van der Waals surface area contributed by atoms with Gasteiger partial charge in [0.2, 0.25) is 5.91 Å². The predicted octanol–water partition coefficient (Wildman–Crippen LogP) is 4.90. The summed E-state index contributed by atoms with van der Waals surface area (Å²) < 4.78 is 0. The molecule has 1 heterocycles.